The van der Waals surface area contributed by atoms with Gasteiger partial charge in [-0.2, -0.15) is 0 Å². The first kappa shape index (κ1) is 15.2. The zero-order valence-electron chi connectivity index (χ0n) is 13.5. The third-order valence-electron chi connectivity index (χ3n) is 5.08. The lowest BCUT2D eigenvalue weighted by Crippen LogP contribution is -2.48. The fourth-order valence-corrected chi connectivity index (χ4v) is 3.55. The van der Waals surface area contributed by atoms with E-state index in [1.54, 1.807) is 29.2 Å². The number of rotatable bonds is 4. The molecule has 0 unspecified atom stereocenters. The molecule has 1 N–H and O–H groups in total. The van der Waals surface area contributed by atoms with Crippen LogP contribution in [0.2, 0.25) is 0 Å². The molecular weight excluding hydrogens is 306 g/mol. The smallest absolute Gasteiger partial charge is 0.256 e. The molecule has 0 radical (unpaired) electrons. The van der Waals surface area contributed by atoms with Crippen LogP contribution in [0.1, 0.15) is 36.0 Å². The van der Waals surface area contributed by atoms with Crippen LogP contribution in [0.25, 0.3) is 0 Å². The summed E-state index contributed by atoms with van der Waals surface area (Å²) in [7, 11) is 0. The number of carbonyl (C=O) groups excluding carboxylic acids is 3. The number of nitrogens with one attached hydrogen (secondary N) is 1. The van der Waals surface area contributed by atoms with Gasteiger partial charge in [-0.1, -0.05) is 12.1 Å². The van der Waals surface area contributed by atoms with Crippen molar-refractivity contribution in [1.29, 1.82) is 0 Å². The number of hydrogen-bond donors (Lipinski definition) is 1. The minimum atomic E-state index is -0.443. The van der Waals surface area contributed by atoms with Gasteiger partial charge in [-0.15, -0.1) is 0 Å². The molecule has 1 aromatic rings. The van der Waals surface area contributed by atoms with Crippen molar-refractivity contribution in [3.8, 4) is 0 Å². The van der Waals surface area contributed by atoms with E-state index in [0.717, 1.165) is 19.3 Å². The zero-order valence-corrected chi connectivity index (χ0v) is 13.5. The van der Waals surface area contributed by atoms with Crippen molar-refractivity contribution in [3.05, 3.63) is 29.8 Å². The van der Waals surface area contributed by atoms with Gasteiger partial charge in [-0.3, -0.25) is 14.4 Å². The third kappa shape index (κ3) is 2.66. The van der Waals surface area contributed by atoms with Crippen molar-refractivity contribution in [1.82, 2.24) is 10.2 Å². The second-order valence-corrected chi connectivity index (χ2v) is 6.85. The molecule has 1 aromatic carbocycles. The predicted octanol–water partition coefficient (Wildman–Crippen LogP) is 1.16. The highest BCUT2D eigenvalue weighted by Crippen LogP contribution is 2.32. The molecule has 0 spiro atoms. The molecule has 6 nitrogen and oxygen atoms in total. The molecule has 3 amide bonds. The van der Waals surface area contributed by atoms with Crippen LogP contribution in [0.15, 0.2) is 24.3 Å². The minimum absolute atomic E-state index is 0.0276. The summed E-state index contributed by atoms with van der Waals surface area (Å²) in [6.45, 7) is 1.25. The van der Waals surface area contributed by atoms with E-state index in [-0.39, 0.29) is 24.3 Å². The maximum Gasteiger partial charge on any atom is 0.256 e. The number of amides is 3. The van der Waals surface area contributed by atoms with Gasteiger partial charge in [0.25, 0.3) is 5.91 Å². The number of benzene rings is 1. The highest BCUT2D eigenvalue weighted by Gasteiger charge is 2.42. The number of anilines is 1. The number of fused-ring (bicyclic) bond motifs is 2. The van der Waals surface area contributed by atoms with Crippen molar-refractivity contribution in [2.75, 3.05) is 24.5 Å². The van der Waals surface area contributed by atoms with Crippen LogP contribution in [0.4, 0.5) is 5.69 Å². The summed E-state index contributed by atoms with van der Waals surface area (Å²) in [5.74, 6) is 0.173. The summed E-state index contributed by atoms with van der Waals surface area (Å²) < 4.78 is 0. The van der Waals surface area contributed by atoms with E-state index in [2.05, 4.69) is 5.32 Å². The number of carbonyl (C=O) groups is 3. The summed E-state index contributed by atoms with van der Waals surface area (Å²) in [6, 6.07) is 6.64. The van der Waals surface area contributed by atoms with Crippen molar-refractivity contribution >= 4 is 23.4 Å². The van der Waals surface area contributed by atoms with Gasteiger partial charge in [0, 0.05) is 13.1 Å². The van der Waals surface area contributed by atoms with E-state index in [4.69, 9.17) is 0 Å². The Morgan fingerprint density at radius 2 is 1.96 bits per heavy atom. The molecule has 1 saturated heterocycles. The van der Waals surface area contributed by atoms with Gasteiger partial charge in [0.05, 0.1) is 11.3 Å². The van der Waals surface area contributed by atoms with Gasteiger partial charge in [-0.25, -0.2) is 0 Å². The molecule has 4 rings (SSSR count). The first-order valence-corrected chi connectivity index (χ1v) is 8.63. The van der Waals surface area contributed by atoms with E-state index in [0.29, 0.717) is 36.7 Å². The number of nitrogens with zero attached hydrogens (tertiary/aromatic N) is 2. The topological polar surface area (TPSA) is 69.7 Å². The molecule has 2 fully saturated rings. The van der Waals surface area contributed by atoms with Crippen LogP contribution in [-0.4, -0.2) is 48.3 Å². The quantitative estimate of drug-likeness (QED) is 0.902. The Morgan fingerprint density at radius 3 is 2.75 bits per heavy atom. The first-order chi connectivity index (χ1) is 11.6. The van der Waals surface area contributed by atoms with Crippen molar-refractivity contribution in [2.24, 2.45) is 5.92 Å². The zero-order chi connectivity index (χ0) is 16.7. The second-order valence-electron chi connectivity index (χ2n) is 6.85. The maximum atomic E-state index is 13.0. The lowest BCUT2D eigenvalue weighted by molar-refractivity contribution is -0.125. The highest BCUT2D eigenvalue weighted by atomic mass is 16.2. The Morgan fingerprint density at radius 1 is 1.17 bits per heavy atom. The molecule has 6 heteroatoms. The number of para-hydroxylation sites is 1. The minimum Gasteiger partial charge on any atom is -0.354 e. The Labute approximate surface area is 140 Å². The van der Waals surface area contributed by atoms with Crippen LogP contribution in [0.5, 0.6) is 0 Å². The summed E-state index contributed by atoms with van der Waals surface area (Å²) in [4.78, 5) is 41.2. The summed E-state index contributed by atoms with van der Waals surface area (Å²) in [5.41, 5.74) is 1.05. The molecule has 1 saturated carbocycles. The summed E-state index contributed by atoms with van der Waals surface area (Å²) >= 11 is 0. The highest BCUT2D eigenvalue weighted by molar-refractivity contribution is 6.12. The van der Waals surface area contributed by atoms with Crippen LogP contribution in [0, 0.1) is 5.92 Å². The Kier molecular flexibility index (Phi) is 3.75. The first-order valence-electron chi connectivity index (χ1n) is 8.63. The van der Waals surface area contributed by atoms with Gasteiger partial charge in [0.15, 0.2) is 0 Å². The third-order valence-corrected chi connectivity index (χ3v) is 5.08. The SMILES string of the molecule is O=C(CN1C(=O)[C@@H]2CCCN2C(=O)c2ccccc21)NCC1CC1. The Hall–Kier alpha value is -2.37. The van der Waals surface area contributed by atoms with Crippen molar-refractivity contribution in [3.63, 3.8) is 0 Å². The lowest BCUT2D eigenvalue weighted by Gasteiger charge is -2.25. The normalized spacial score (nSPS) is 22.9. The molecule has 1 atom stereocenters. The molecule has 126 valence electrons. The summed E-state index contributed by atoms with van der Waals surface area (Å²) in [5, 5.41) is 2.90. The monoisotopic (exact) mass is 327 g/mol. The molecule has 2 heterocycles. The fourth-order valence-electron chi connectivity index (χ4n) is 3.55. The van der Waals surface area contributed by atoms with Crippen molar-refractivity contribution in [2.45, 2.75) is 31.7 Å². The van der Waals surface area contributed by atoms with Gasteiger partial charge >= 0.3 is 0 Å². The molecule has 0 bridgehead atoms. The Bertz CT molecular complexity index is 699. The lowest BCUT2D eigenvalue weighted by atomic mass is 10.1. The molecule has 2 aliphatic heterocycles. The standard InChI is InChI=1S/C18H21N3O3/c22-16(19-10-12-7-8-12)11-21-14-5-2-1-4-13(14)17(23)20-9-3-6-15(20)18(21)24/h1-2,4-5,12,15H,3,6-11H2,(H,19,22)/t15-/m0/s1. The van der Waals surface area contributed by atoms with Crippen LogP contribution >= 0.6 is 0 Å². The Balaban J connectivity index is 1.62. The molecule has 24 heavy (non-hydrogen) atoms. The molecule has 3 aliphatic rings. The largest absolute Gasteiger partial charge is 0.354 e. The van der Waals surface area contributed by atoms with Crippen LogP contribution in [-0.2, 0) is 9.59 Å². The predicted molar refractivity (Wildman–Crippen MR) is 88.6 cm³/mol. The number of hydrogen-bond acceptors (Lipinski definition) is 3. The van der Waals surface area contributed by atoms with Gasteiger partial charge in [-0.05, 0) is 43.7 Å². The average Bonchev–Trinajstić information content (AvgIpc) is 3.31. The second kappa shape index (κ2) is 5.92. The van der Waals surface area contributed by atoms with E-state index >= 15 is 0 Å². The van der Waals surface area contributed by atoms with E-state index in [9.17, 15) is 14.4 Å². The molecule has 1 aliphatic carbocycles. The van der Waals surface area contributed by atoms with Crippen LogP contribution in [0.3, 0.4) is 0 Å². The molecule has 0 aromatic heterocycles. The van der Waals surface area contributed by atoms with Crippen molar-refractivity contribution < 1.29 is 14.4 Å². The fraction of sp³-hybridized carbons (Fsp3) is 0.500. The van der Waals surface area contributed by atoms with Gasteiger partial charge in [0.2, 0.25) is 11.8 Å². The average molecular weight is 327 g/mol. The van der Waals surface area contributed by atoms with E-state index in [1.807, 2.05) is 0 Å². The van der Waals surface area contributed by atoms with E-state index in [1.165, 1.54) is 4.90 Å². The maximum absolute atomic E-state index is 13.0. The molecular formula is C18H21N3O3. The van der Waals surface area contributed by atoms with Crippen LogP contribution < -0.4 is 10.2 Å². The van der Waals surface area contributed by atoms with Gasteiger partial charge < -0.3 is 15.1 Å². The summed E-state index contributed by atoms with van der Waals surface area (Å²) in [6.07, 6.45) is 3.82. The van der Waals surface area contributed by atoms with Gasteiger partial charge in [0.1, 0.15) is 12.6 Å². The van der Waals surface area contributed by atoms with E-state index < -0.39 is 6.04 Å².